The summed E-state index contributed by atoms with van der Waals surface area (Å²) in [6, 6.07) is 0. The summed E-state index contributed by atoms with van der Waals surface area (Å²) in [5.74, 6) is 0. The van der Waals surface area contributed by atoms with Crippen LogP contribution in [0.25, 0.3) is 0 Å². The van der Waals surface area contributed by atoms with Crippen molar-refractivity contribution < 1.29 is 60.3 Å². The molecule has 0 aromatic rings. The van der Waals surface area contributed by atoms with E-state index >= 15 is 0 Å². The number of rotatable bonds is 7. The van der Waals surface area contributed by atoms with Crippen molar-refractivity contribution in [3.8, 4) is 0 Å². The molecule has 0 saturated heterocycles. The van der Waals surface area contributed by atoms with Gasteiger partial charge in [-0.1, -0.05) is 0 Å². The first-order chi connectivity index (χ1) is 16.3. The van der Waals surface area contributed by atoms with Gasteiger partial charge in [0.25, 0.3) is 0 Å². The van der Waals surface area contributed by atoms with Gasteiger partial charge in [0.15, 0.2) is 0 Å². The first kappa shape index (κ1) is 47.0. The summed E-state index contributed by atoms with van der Waals surface area (Å²) < 4.78 is 19.2. The topological polar surface area (TPSA) is 275 Å². The van der Waals surface area contributed by atoms with Crippen molar-refractivity contribution in [1.29, 1.82) is 0 Å². The van der Waals surface area contributed by atoms with Crippen LogP contribution in [0.4, 0.5) is 0 Å². The summed E-state index contributed by atoms with van der Waals surface area (Å²) in [5.41, 5.74) is 0. The van der Waals surface area contributed by atoms with E-state index in [2.05, 4.69) is 113 Å². The molecule has 0 aliphatic rings. The summed E-state index contributed by atoms with van der Waals surface area (Å²) in [7, 11) is 12.6. The van der Waals surface area contributed by atoms with Crippen molar-refractivity contribution >= 4 is 44.7 Å². The van der Waals surface area contributed by atoms with Crippen molar-refractivity contribution in [3.05, 3.63) is 0 Å². The van der Waals surface area contributed by atoms with E-state index in [9.17, 15) is 0 Å². The monoisotopic (exact) mass is 589 g/mol. The van der Waals surface area contributed by atoms with Gasteiger partial charge in [0.2, 0.25) is 0 Å². The molecule has 0 radical (unpaired) electrons. The van der Waals surface area contributed by atoms with Gasteiger partial charge < -0.3 is 60.3 Å². The van der Waals surface area contributed by atoms with E-state index in [1.54, 1.807) is 0 Å². The quantitative estimate of drug-likeness (QED) is 0.0972. The van der Waals surface area contributed by atoms with Crippen LogP contribution in [0.3, 0.4) is 0 Å². The maximum absolute atomic E-state index is 7.17. The van der Waals surface area contributed by atoms with Crippen LogP contribution in [-0.4, -0.2) is 202 Å². The third kappa shape index (κ3) is 23.8. The molecular formula is C12H49B4N7O12P2. The van der Waals surface area contributed by atoms with Crippen LogP contribution < -0.4 is 0 Å². The van der Waals surface area contributed by atoms with E-state index in [-0.39, 0.29) is 0 Å². The summed E-state index contributed by atoms with van der Waals surface area (Å²) >= 11 is 0. The zero-order chi connectivity index (χ0) is 31.5. The largest absolute Gasteiger partial charge is 0.631 e. The fourth-order valence-electron chi connectivity index (χ4n) is 2.99. The molecule has 0 saturated carbocycles. The molecule has 0 aliphatic carbocycles. The predicted octanol–water partition coefficient (Wildman–Crippen LogP) is -6.50. The minimum Gasteiger partial charge on any atom is -0.402 e. The molecule has 12 N–H and O–H groups in total. The molecule has 0 spiro atoms. The molecule has 226 valence electrons. The summed E-state index contributed by atoms with van der Waals surface area (Å²) in [5, 5.41) is 86.0. The summed E-state index contributed by atoms with van der Waals surface area (Å²) in [6.45, 7) is 0. The molecule has 0 aromatic carbocycles. The Morgan fingerprint density at radius 3 is 0.622 bits per heavy atom. The Hall–Kier alpha value is 0.200. The molecule has 0 amide bonds. The van der Waals surface area contributed by atoms with E-state index in [1.165, 1.54) is 0 Å². The Labute approximate surface area is 222 Å². The first-order valence-electron chi connectivity index (χ1n) is 10.2. The minimum absolute atomic E-state index is 1.93. The van der Waals surface area contributed by atoms with Crippen LogP contribution in [0.5, 0.6) is 0 Å². The van der Waals surface area contributed by atoms with E-state index in [0.29, 0.717) is 0 Å². The van der Waals surface area contributed by atoms with Gasteiger partial charge in [-0.15, -0.1) is 0 Å². The number of hydrogen-bond acceptors (Lipinski definition) is 16. The third-order valence-corrected chi connectivity index (χ3v) is 12.6. The van der Waals surface area contributed by atoms with Crippen LogP contribution >= 0.6 is 15.4 Å². The normalized spacial score (nSPS) is 11.5. The van der Waals surface area contributed by atoms with Gasteiger partial charge in [0.05, 0.1) is 0 Å². The summed E-state index contributed by atoms with van der Waals surface area (Å²) in [4.78, 5) is 0. The predicted molar refractivity (Wildman–Crippen MR) is 149 cm³/mol. The fourth-order valence-corrected chi connectivity index (χ4v) is 13.3. The molecule has 0 fully saturated rings. The first-order valence-corrected chi connectivity index (χ1v) is 13.5. The SMILES string of the molecule is CN(C)P(=N[PH](N(C)C)(N(C)C)N(C)C)(N(C)C)N(C)C.OB(O)O.OB(O)O.OB(O)O.OB(O)O. The average Bonchev–Trinajstić information content (AvgIpc) is 2.58. The molecule has 0 aromatic heterocycles. The van der Waals surface area contributed by atoms with Crippen LogP contribution in [0.15, 0.2) is 4.52 Å². The van der Waals surface area contributed by atoms with Crippen molar-refractivity contribution in [2.75, 3.05) is 84.6 Å². The van der Waals surface area contributed by atoms with Crippen LogP contribution in [0.2, 0.25) is 0 Å². The third-order valence-electron chi connectivity index (χ3n) is 3.68. The van der Waals surface area contributed by atoms with Crippen molar-refractivity contribution in [1.82, 2.24) is 28.0 Å². The van der Waals surface area contributed by atoms with Gasteiger partial charge in [-0.2, -0.15) is 0 Å². The smallest absolute Gasteiger partial charge is 0.402 e. The Balaban J connectivity index is -0.000000172. The second kappa shape index (κ2) is 24.0. The van der Waals surface area contributed by atoms with Gasteiger partial charge >= 0.3 is 162 Å². The Morgan fingerprint density at radius 2 is 0.541 bits per heavy atom. The molecule has 25 heteroatoms. The molecule has 0 aliphatic heterocycles. The molecule has 0 atom stereocenters. The minimum atomic E-state index is -2.30. The van der Waals surface area contributed by atoms with E-state index < -0.39 is 44.7 Å². The molecular weight excluding hydrogens is 539 g/mol. The van der Waals surface area contributed by atoms with Crippen LogP contribution in [0.1, 0.15) is 0 Å². The van der Waals surface area contributed by atoms with Gasteiger partial charge in [0.1, 0.15) is 0 Å². The number of hydrogen-bond donors (Lipinski definition) is 12. The van der Waals surface area contributed by atoms with Crippen molar-refractivity contribution in [2.45, 2.75) is 0 Å². The molecule has 0 bridgehead atoms. The molecule has 37 heavy (non-hydrogen) atoms. The summed E-state index contributed by atoms with van der Waals surface area (Å²) in [6.07, 6.45) is 0. The van der Waals surface area contributed by atoms with Crippen LogP contribution in [-0.2, 0) is 0 Å². The molecule has 0 unspecified atom stereocenters. The molecule has 0 rings (SSSR count). The maximum Gasteiger partial charge on any atom is 0.631 e. The standard InChI is InChI=1S/C12H37N7P2.4BH3O3/c1-14(2)20(15(3)4,16(5)6)13-21(17(7)8,18(9)10)19(11)12;4*2-1(3)4/h20H,1-12H3;4*2-4H. The Morgan fingerprint density at radius 1 is 0.405 bits per heavy atom. The Bertz CT molecular complexity index is 498. The van der Waals surface area contributed by atoms with Crippen molar-refractivity contribution in [3.63, 3.8) is 0 Å². The van der Waals surface area contributed by atoms with E-state index in [1.807, 2.05) is 0 Å². The zero-order valence-corrected chi connectivity index (χ0v) is 25.6. The van der Waals surface area contributed by atoms with E-state index in [4.69, 9.17) is 64.8 Å². The van der Waals surface area contributed by atoms with Gasteiger partial charge in [-0.3, -0.25) is 0 Å². The van der Waals surface area contributed by atoms with Gasteiger partial charge in [0, 0.05) is 0 Å². The van der Waals surface area contributed by atoms with Crippen LogP contribution in [0, 0.1) is 0 Å². The molecule has 0 heterocycles. The zero-order valence-electron chi connectivity index (χ0n) is 23.8. The fraction of sp³-hybridized carbons (Fsp3) is 1.00. The van der Waals surface area contributed by atoms with Crippen molar-refractivity contribution in [2.24, 2.45) is 4.52 Å². The number of nitrogens with zero attached hydrogens (tertiary/aromatic N) is 7. The average molecular weight is 589 g/mol. The maximum atomic E-state index is 7.17. The second-order valence-electron chi connectivity index (χ2n) is 7.85. The van der Waals surface area contributed by atoms with Gasteiger partial charge in [-0.05, 0) is 0 Å². The molecule has 19 nitrogen and oxygen atoms in total. The second-order valence-corrected chi connectivity index (χ2v) is 16.0. The Kier molecular flexibility index (Phi) is 30.5. The van der Waals surface area contributed by atoms with E-state index in [0.717, 1.165) is 0 Å². The van der Waals surface area contributed by atoms with Gasteiger partial charge in [-0.25, -0.2) is 0 Å².